The maximum absolute atomic E-state index is 12.2. The first-order valence-corrected chi connectivity index (χ1v) is 10.9. The highest BCUT2D eigenvalue weighted by atomic mass is 16.6. The summed E-state index contributed by atoms with van der Waals surface area (Å²) in [6, 6.07) is 20.0. The van der Waals surface area contributed by atoms with Crippen molar-refractivity contribution in [1.82, 2.24) is 19.9 Å². The van der Waals surface area contributed by atoms with Crippen molar-refractivity contribution >= 4 is 23.6 Å². The number of nitrogen functional groups attached to an aromatic ring is 1. The van der Waals surface area contributed by atoms with Crippen LogP contribution in [0.4, 0.5) is 17.6 Å². The smallest absolute Gasteiger partial charge is 0.344 e. The van der Waals surface area contributed by atoms with Gasteiger partial charge in [0.05, 0.1) is 0 Å². The lowest BCUT2D eigenvalue weighted by Crippen LogP contribution is -2.16. The van der Waals surface area contributed by atoms with E-state index in [1.54, 1.807) is 42.6 Å². The predicted molar refractivity (Wildman–Crippen MR) is 129 cm³/mol. The zero-order valence-electron chi connectivity index (χ0n) is 19.0. The number of nitrogens with zero attached hydrogens (tertiary/aromatic N) is 4. The molecule has 0 unspecified atom stereocenters. The van der Waals surface area contributed by atoms with Gasteiger partial charge in [-0.1, -0.05) is 37.3 Å². The number of aryl methyl sites for hydroxylation is 1. The number of pyridine rings is 1. The number of rotatable bonds is 10. The molecule has 3 N–H and O–H groups in total. The number of aromatic nitrogens is 4. The van der Waals surface area contributed by atoms with E-state index in [-0.39, 0.29) is 30.9 Å². The molecule has 2 aromatic carbocycles. The quantitative estimate of drug-likeness (QED) is 0.325. The molecule has 0 spiro atoms. The van der Waals surface area contributed by atoms with Crippen molar-refractivity contribution in [1.29, 1.82) is 0 Å². The number of carbonyl (C=O) groups is 1. The molecule has 0 radical (unpaired) electrons. The summed E-state index contributed by atoms with van der Waals surface area (Å²) in [7, 11) is 0. The highest BCUT2D eigenvalue weighted by molar-refractivity contribution is 5.71. The predicted octanol–water partition coefficient (Wildman–Crippen LogP) is 4.07. The van der Waals surface area contributed by atoms with Crippen LogP contribution in [0.1, 0.15) is 18.3 Å². The molecule has 10 nitrogen and oxygen atoms in total. The summed E-state index contributed by atoms with van der Waals surface area (Å²) < 4.78 is 16.4. The number of esters is 1. The normalized spacial score (nSPS) is 10.4. The van der Waals surface area contributed by atoms with Gasteiger partial charge in [-0.15, -0.1) is 0 Å². The summed E-state index contributed by atoms with van der Waals surface area (Å²) in [6.45, 7) is 1.57. The molecule has 10 heteroatoms. The Balaban J connectivity index is 1.31. The van der Waals surface area contributed by atoms with Gasteiger partial charge in [0, 0.05) is 24.0 Å². The van der Waals surface area contributed by atoms with E-state index >= 15 is 0 Å². The number of hydrogen-bond donors (Lipinski definition) is 2. The molecule has 0 saturated heterocycles. The van der Waals surface area contributed by atoms with Crippen LogP contribution >= 0.6 is 0 Å². The van der Waals surface area contributed by atoms with Crippen LogP contribution in [-0.4, -0.2) is 32.5 Å². The summed E-state index contributed by atoms with van der Waals surface area (Å²) in [6.07, 6.45) is 2.47. The van der Waals surface area contributed by atoms with Crippen molar-refractivity contribution in [2.75, 3.05) is 17.7 Å². The topological polar surface area (TPSA) is 134 Å². The third kappa shape index (κ3) is 6.87. The molecular formula is C25H24N6O4. The maximum atomic E-state index is 12.2. The third-order valence-corrected chi connectivity index (χ3v) is 4.73. The molecule has 0 aliphatic rings. The number of para-hydroxylation sites is 1. The SMILES string of the molecule is CCc1ccccc1Nc1nc(N)nc(COC(=O)COc2cccc(Oc3ccccn3)c2)n1. The third-order valence-electron chi connectivity index (χ3n) is 4.73. The van der Waals surface area contributed by atoms with Crippen molar-refractivity contribution in [3.05, 3.63) is 84.3 Å². The van der Waals surface area contributed by atoms with Gasteiger partial charge in [-0.25, -0.2) is 9.78 Å². The molecule has 0 aliphatic carbocycles. The molecule has 0 bridgehead atoms. The van der Waals surface area contributed by atoms with E-state index in [0.29, 0.717) is 17.4 Å². The minimum Gasteiger partial charge on any atom is -0.482 e. The van der Waals surface area contributed by atoms with Crippen LogP contribution in [0.15, 0.2) is 72.9 Å². The van der Waals surface area contributed by atoms with Crippen molar-refractivity contribution in [2.45, 2.75) is 20.0 Å². The van der Waals surface area contributed by atoms with Crippen molar-refractivity contribution in [3.8, 4) is 17.4 Å². The van der Waals surface area contributed by atoms with E-state index in [0.717, 1.165) is 17.7 Å². The van der Waals surface area contributed by atoms with Gasteiger partial charge in [0.1, 0.15) is 11.5 Å². The summed E-state index contributed by atoms with van der Waals surface area (Å²) in [4.78, 5) is 28.7. The van der Waals surface area contributed by atoms with Gasteiger partial charge in [-0.05, 0) is 36.2 Å². The van der Waals surface area contributed by atoms with E-state index in [1.807, 2.05) is 30.3 Å². The first-order valence-electron chi connectivity index (χ1n) is 10.9. The minimum atomic E-state index is -0.592. The van der Waals surface area contributed by atoms with E-state index < -0.39 is 5.97 Å². The molecule has 35 heavy (non-hydrogen) atoms. The molecule has 0 amide bonds. The molecule has 178 valence electrons. The monoisotopic (exact) mass is 472 g/mol. The molecule has 4 rings (SSSR count). The van der Waals surface area contributed by atoms with Crippen LogP contribution in [-0.2, 0) is 22.6 Å². The highest BCUT2D eigenvalue weighted by Crippen LogP contribution is 2.24. The Labute approximate surface area is 202 Å². The number of carbonyl (C=O) groups excluding carboxylic acids is 1. The number of ether oxygens (including phenoxy) is 3. The van der Waals surface area contributed by atoms with E-state index in [4.69, 9.17) is 19.9 Å². The second-order valence-electron chi connectivity index (χ2n) is 7.26. The van der Waals surface area contributed by atoms with Crippen LogP contribution in [0, 0.1) is 0 Å². The van der Waals surface area contributed by atoms with Gasteiger partial charge in [0.25, 0.3) is 0 Å². The Morgan fingerprint density at radius 2 is 1.80 bits per heavy atom. The van der Waals surface area contributed by atoms with Crippen molar-refractivity contribution in [2.24, 2.45) is 0 Å². The molecule has 4 aromatic rings. The second kappa shape index (κ2) is 11.4. The summed E-state index contributed by atoms with van der Waals surface area (Å²) in [5.41, 5.74) is 7.78. The van der Waals surface area contributed by atoms with Gasteiger partial charge in [-0.2, -0.15) is 15.0 Å². The lowest BCUT2D eigenvalue weighted by atomic mass is 10.1. The Morgan fingerprint density at radius 1 is 0.971 bits per heavy atom. The first-order chi connectivity index (χ1) is 17.1. The largest absolute Gasteiger partial charge is 0.482 e. The van der Waals surface area contributed by atoms with Gasteiger partial charge in [0.2, 0.25) is 17.8 Å². The molecule has 0 saturated carbocycles. The van der Waals surface area contributed by atoms with Gasteiger partial charge in [0.15, 0.2) is 19.0 Å². The zero-order valence-corrected chi connectivity index (χ0v) is 19.0. The Morgan fingerprint density at radius 3 is 2.63 bits per heavy atom. The van der Waals surface area contributed by atoms with Crippen molar-refractivity contribution in [3.63, 3.8) is 0 Å². The van der Waals surface area contributed by atoms with Gasteiger partial charge < -0.3 is 25.3 Å². The van der Waals surface area contributed by atoms with E-state index in [2.05, 4.69) is 32.2 Å². The van der Waals surface area contributed by atoms with Crippen LogP contribution in [0.2, 0.25) is 0 Å². The summed E-state index contributed by atoms with van der Waals surface area (Å²) >= 11 is 0. The fourth-order valence-electron chi connectivity index (χ4n) is 3.11. The fraction of sp³-hybridized carbons (Fsp3) is 0.160. The Bertz CT molecular complexity index is 1290. The van der Waals surface area contributed by atoms with Crippen LogP contribution in [0.25, 0.3) is 0 Å². The first kappa shape index (κ1) is 23.4. The molecule has 2 aromatic heterocycles. The number of nitrogens with one attached hydrogen (secondary N) is 1. The van der Waals surface area contributed by atoms with Crippen LogP contribution in [0.5, 0.6) is 17.4 Å². The van der Waals surface area contributed by atoms with Crippen LogP contribution in [0.3, 0.4) is 0 Å². The lowest BCUT2D eigenvalue weighted by Gasteiger charge is -2.11. The van der Waals surface area contributed by atoms with E-state index in [1.165, 1.54) is 0 Å². The Hall–Kier alpha value is -4.73. The lowest BCUT2D eigenvalue weighted by molar-refractivity contribution is -0.147. The number of benzene rings is 2. The standard InChI is InChI=1S/C25H24N6O4/c1-2-17-8-3-4-11-20(17)28-25-30-21(29-24(26)31-25)15-34-23(32)16-33-18-9-7-10-19(14-18)35-22-12-5-6-13-27-22/h3-14H,2,15-16H2,1H3,(H3,26,28,29,30,31). The number of nitrogens with two attached hydrogens (primary N) is 1. The van der Waals surface area contributed by atoms with Crippen LogP contribution < -0.4 is 20.5 Å². The molecule has 0 aliphatic heterocycles. The average molecular weight is 473 g/mol. The highest BCUT2D eigenvalue weighted by Gasteiger charge is 2.11. The molecule has 2 heterocycles. The maximum Gasteiger partial charge on any atom is 0.344 e. The summed E-state index contributed by atoms with van der Waals surface area (Å²) in [5.74, 6) is 1.33. The average Bonchev–Trinajstić information content (AvgIpc) is 2.87. The Kier molecular flexibility index (Phi) is 7.64. The minimum absolute atomic E-state index is 0.0171. The fourth-order valence-corrected chi connectivity index (χ4v) is 3.11. The van der Waals surface area contributed by atoms with E-state index in [9.17, 15) is 4.79 Å². The summed E-state index contributed by atoms with van der Waals surface area (Å²) in [5, 5.41) is 3.14. The number of hydrogen-bond acceptors (Lipinski definition) is 10. The molecule has 0 fully saturated rings. The van der Waals surface area contributed by atoms with Crippen molar-refractivity contribution < 1.29 is 19.0 Å². The number of anilines is 3. The zero-order chi connectivity index (χ0) is 24.5. The van der Waals surface area contributed by atoms with Gasteiger partial charge >= 0.3 is 5.97 Å². The molecule has 0 atom stereocenters. The van der Waals surface area contributed by atoms with Gasteiger partial charge in [-0.3, -0.25) is 0 Å². The second-order valence-corrected chi connectivity index (χ2v) is 7.26. The molecular weight excluding hydrogens is 448 g/mol.